The van der Waals surface area contributed by atoms with E-state index in [9.17, 15) is 8.42 Å². The van der Waals surface area contributed by atoms with Crippen LogP contribution in [0.15, 0.2) is 21.7 Å². The molecule has 7 heteroatoms. The highest BCUT2D eigenvalue weighted by Gasteiger charge is 2.31. The minimum Gasteiger partial charge on any atom is -0.271 e. The fourth-order valence-electron chi connectivity index (χ4n) is 2.50. The van der Waals surface area contributed by atoms with E-state index in [1.165, 1.54) is 16.9 Å². The highest BCUT2D eigenvalue weighted by Crippen LogP contribution is 2.28. The highest BCUT2D eigenvalue weighted by molar-refractivity contribution is 7.91. The van der Waals surface area contributed by atoms with Crippen molar-refractivity contribution < 1.29 is 8.42 Å². The average Bonchev–Trinajstić information content (AvgIpc) is 2.99. The second kappa shape index (κ2) is 4.43. The van der Waals surface area contributed by atoms with Crippen molar-refractivity contribution in [2.45, 2.75) is 24.1 Å². The van der Waals surface area contributed by atoms with Gasteiger partial charge in [-0.3, -0.25) is 4.68 Å². The molecule has 1 aliphatic rings. The van der Waals surface area contributed by atoms with Gasteiger partial charge in [0.2, 0.25) is 0 Å². The van der Waals surface area contributed by atoms with Crippen LogP contribution in [-0.4, -0.2) is 29.0 Å². The number of aryl methyl sites for hydroxylation is 2. The van der Waals surface area contributed by atoms with E-state index in [2.05, 4.69) is 5.10 Å². The van der Waals surface area contributed by atoms with Crippen molar-refractivity contribution >= 4 is 21.4 Å². The van der Waals surface area contributed by atoms with Crippen LogP contribution in [0.5, 0.6) is 0 Å². The van der Waals surface area contributed by atoms with Crippen LogP contribution in [0, 0.1) is 6.92 Å². The lowest BCUT2D eigenvalue weighted by molar-refractivity contribution is 0.380. The number of nitrogens with zero attached hydrogens (tertiary/aromatic N) is 3. The number of thiophene rings is 1. The van der Waals surface area contributed by atoms with Gasteiger partial charge in [0.05, 0.1) is 17.9 Å². The molecule has 0 fully saturated rings. The van der Waals surface area contributed by atoms with Crippen LogP contribution in [0.4, 0.5) is 0 Å². The van der Waals surface area contributed by atoms with E-state index in [0.717, 1.165) is 17.8 Å². The van der Waals surface area contributed by atoms with Gasteiger partial charge in [-0.15, -0.1) is 11.3 Å². The van der Waals surface area contributed by atoms with Crippen LogP contribution in [0.25, 0.3) is 0 Å². The Morgan fingerprint density at radius 2 is 2.21 bits per heavy atom. The van der Waals surface area contributed by atoms with Gasteiger partial charge in [0.25, 0.3) is 10.0 Å². The Balaban J connectivity index is 1.97. The van der Waals surface area contributed by atoms with E-state index in [1.807, 2.05) is 14.0 Å². The SMILES string of the molecule is Cc1nn(C)c2c1CCN(S(=O)(=O)c1cccs1)C2. The molecule has 2 aromatic heterocycles. The van der Waals surface area contributed by atoms with Gasteiger partial charge >= 0.3 is 0 Å². The van der Waals surface area contributed by atoms with E-state index in [1.54, 1.807) is 26.5 Å². The molecule has 0 amide bonds. The van der Waals surface area contributed by atoms with Gasteiger partial charge in [-0.05, 0) is 30.4 Å². The summed E-state index contributed by atoms with van der Waals surface area (Å²) in [6.07, 6.45) is 0.736. The summed E-state index contributed by atoms with van der Waals surface area (Å²) < 4.78 is 28.7. The van der Waals surface area contributed by atoms with Crippen molar-refractivity contribution in [1.29, 1.82) is 0 Å². The average molecular weight is 297 g/mol. The summed E-state index contributed by atoms with van der Waals surface area (Å²) in [7, 11) is -1.49. The first-order chi connectivity index (χ1) is 9.00. The first-order valence-electron chi connectivity index (χ1n) is 6.05. The van der Waals surface area contributed by atoms with Crippen molar-refractivity contribution in [2.24, 2.45) is 7.05 Å². The molecule has 0 atom stereocenters. The van der Waals surface area contributed by atoms with E-state index in [0.29, 0.717) is 17.3 Å². The standard InChI is InChI=1S/C12H15N3O2S2/c1-9-10-5-6-15(8-11(10)14(2)13-9)19(16,17)12-4-3-7-18-12/h3-4,7H,5-6,8H2,1-2H3. The van der Waals surface area contributed by atoms with Crippen molar-refractivity contribution in [1.82, 2.24) is 14.1 Å². The second-order valence-corrected chi connectivity index (χ2v) is 7.77. The zero-order chi connectivity index (χ0) is 13.6. The number of hydrogen-bond donors (Lipinski definition) is 0. The zero-order valence-corrected chi connectivity index (χ0v) is 12.5. The summed E-state index contributed by atoms with van der Waals surface area (Å²) in [4.78, 5) is 0. The van der Waals surface area contributed by atoms with Crippen LogP contribution < -0.4 is 0 Å². The van der Waals surface area contributed by atoms with Gasteiger partial charge in [-0.1, -0.05) is 6.07 Å². The molecule has 3 heterocycles. The number of fused-ring (bicyclic) bond motifs is 1. The number of rotatable bonds is 2. The number of hydrogen-bond acceptors (Lipinski definition) is 4. The van der Waals surface area contributed by atoms with Crippen LogP contribution in [-0.2, 0) is 30.0 Å². The summed E-state index contributed by atoms with van der Waals surface area (Å²) in [5, 5.41) is 6.16. The summed E-state index contributed by atoms with van der Waals surface area (Å²) in [5.74, 6) is 0. The van der Waals surface area contributed by atoms with Gasteiger partial charge in [-0.2, -0.15) is 9.40 Å². The molecule has 0 bridgehead atoms. The maximum Gasteiger partial charge on any atom is 0.252 e. The van der Waals surface area contributed by atoms with Crippen LogP contribution in [0.1, 0.15) is 17.0 Å². The highest BCUT2D eigenvalue weighted by atomic mass is 32.2. The van der Waals surface area contributed by atoms with E-state index in [-0.39, 0.29) is 0 Å². The Bertz CT molecular complexity index is 702. The Hall–Kier alpha value is -1.18. The van der Waals surface area contributed by atoms with Crippen molar-refractivity contribution in [3.05, 3.63) is 34.5 Å². The summed E-state index contributed by atoms with van der Waals surface area (Å²) in [5.41, 5.74) is 3.20. The third kappa shape index (κ3) is 2.01. The van der Waals surface area contributed by atoms with Gasteiger partial charge in [0.1, 0.15) is 4.21 Å². The summed E-state index contributed by atoms with van der Waals surface area (Å²) in [6, 6.07) is 3.42. The van der Waals surface area contributed by atoms with Gasteiger partial charge in [-0.25, -0.2) is 8.42 Å². The number of aromatic nitrogens is 2. The Morgan fingerprint density at radius 1 is 1.42 bits per heavy atom. The normalized spacial score (nSPS) is 16.5. The van der Waals surface area contributed by atoms with Crippen LogP contribution in [0.3, 0.4) is 0 Å². The Morgan fingerprint density at radius 3 is 2.89 bits per heavy atom. The lowest BCUT2D eigenvalue weighted by atomic mass is 10.1. The van der Waals surface area contributed by atoms with E-state index < -0.39 is 10.0 Å². The lowest BCUT2D eigenvalue weighted by Crippen LogP contribution is -2.36. The molecule has 0 aromatic carbocycles. The molecule has 1 aliphatic heterocycles. The van der Waals surface area contributed by atoms with Gasteiger partial charge in [0.15, 0.2) is 0 Å². The smallest absolute Gasteiger partial charge is 0.252 e. The molecule has 0 saturated heterocycles. The van der Waals surface area contributed by atoms with Crippen LogP contribution >= 0.6 is 11.3 Å². The summed E-state index contributed by atoms with van der Waals surface area (Å²) in [6.45, 7) is 2.91. The molecule has 0 spiro atoms. The van der Waals surface area contributed by atoms with Crippen molar-refractivity contribution in [3.63, 3.8) is 0 Å². The topological polar surface area (TPSA) is 55.2 Å². The largest absolute Gasteiger partial charge is 0.271 e. The molecule has 0 saturated carbocycles. The quantitative estimate of drug-likeness (QED) is 0.845. The fraction of sp³-hybridized carbons (Fsp3) is 0.417. The zero-order valence-electron chi connectivity index (χ0n) is 10.8. The molecule has 19 heavy (non-hydrogen) atoms. The third-order valence-electron chi connectivity index (χ3n) is 3.50. The maximum absolute atomic E-state index is 12.5. The molecule has 102 valence electrons. The van der Waals surface area contributed by atoms with Gasteiger partial charge < -0.3 is 0 Å². The first kappa shape index (κ1) is 12.8. The second-order valence-electron chi connectivity index (χ2n) is 4.65. The van der Waals surface area contributed by atoms with Crippen LogP contribution in [0.2, 0.25) is 0 Å². The van der Waals surface area contributed by atoms with E-state index >= 15 is 0 Å². The van der Waals surface area contributed by atoms with Crippen molar-refractivity contribution in [3.8, 4) is 0 Å². The third-order valence-corrected chi connectivity index (χ3v) is 6.72. The van der Waals surface area contributed by atoms with E-state index in [4.69, 9.17) is 0 Å². The minimum atomic E-state index is -3.36. The lowest BCUT2D eigenvalue weighted by Gasteiger charge is -2.26. The molecular formula is C12H15N3O2S2. The molecule has 0 unspecified atom stereocenters. The molecule has 0 radical (unpaired) electrons. The van der Waals surface area contributed by atoms with Crippen molar-refractivity contribution in [2.75, 3.05) is 6.54 Å². The molecule has 0 N–H and O–H groups in total. The first-order valence-corrected chi connectivity index (χ1v) is 8.37. The Kier molecular flexibility index (Phi) is 2.99. The maximum atomic E-state index is 12.5. The predicted octanol–water partition coefficient (Wildman–Crippen LogP) is 1.54. The predicted molar refractivity (Wildman–Crippen MR) is 73.6 cm³/mol. The molecular weight excluding hydrogens is 282 g/mol. The van der Waals surface area contributed by atoms with Gasteiger partial charge in [0, 0.05) is 13.6 Å². The number of sulfonamides is 1. The molecule has 2 aromatic rings. The Labute approximate surface area is 116 Å². The monoisotopic (exact) mass is 297 g/mol. The fourth-order valence-corrected chi connectivity index (χ4v) is 5.04. The molecule has 3 rings (SSSR count). The minimum absolute atomic E-state index is 0.410. The summed E-state index contributed by atoms with van der Waals surface area (Å²) >= 11 is 1.26. The molecule has 0 aliphatic carbocycles. The molecule has 5 nitrogen and oxygen atoms in total.